The number of anilines is 2. The average Bonchev–Trinajstić information content (AvgIpc) is 3.25. The molecule has 0 aliphatic carbocycles. The number of carbonyl (C=O) groups is 3. The van der Waals surface area contributed by atoms with Gasteiger partial charge in [0.15, 0.2) is 5.13 Å². The number of carbonyl (C=O) groups excluding carboxylic acids is 3. The van der Waals surface area contributed by atoms with E-state index in [4.69, 9.17) is 9.47 Å². The summed E-state index contributed by atoms with van der Waals surface area (Å²) in [6, 6.07) is 16.0. The van der Waals surface area contributed by atoms with Crippen molar-refractivity contribution in [2.24, 2.45) is 0 Å². The molecule has 1 heterocycles. The van der Waals surface area contributed by atoms with E-state index in [1.54, 1.807) is 29.6 Å². The van der Waals surface area contributed by atoms with Gasteiger partial charge in [-0.2, -0.15) is 0 Å². The third kappa shape index (κ3) is 5.92. The van der Waals surface area contributed by atoms with E-state index >= 15 is 0 Å². The van der Waals surface area contributed by atoms with Crippen LogP contribution in [-0.4, -0.2) is 35.9 Å². The third-order valence-corrected chi connectivity index (χ3v) is 5.14. The molecule has 3 aromatic rings. The minimum absolute atomic E-state index is 0.0682. The summed E-state index contributed by atoms with van der Waals surface area (Å²) in [6.07, 6.45) is 0. The van der Waals surface area contributed by atoms with Crippen LogP contribution in [0, 0.1) is 0 Å². The Morgan fingerprint density at radius 3 is 2.50 bits per heavy atom. The van der Waals surface area contributed by atoms with Crippen LogP contribution in [0.2, 0.25) is 0 Å². The summed E-state index contributed by atoms with van der Waals surface area (Å²) < 4.78 is 10.6. The third-order valence-electron chi connectivity index (χ3n) is 4.27. The molecule has 0 aliphatic rings. The lowest BCUT2D eigenvalue weighted by Gasteiger charge is -2.17. The predicted octanol–water partition coefficient (Wildman–Crippen LogP) is 3.70. The maximum Gasteiger partial charge on any atom is 0.325 e. The molecule has 166 valence electrons. The predicted molar refractivity (Wildman–Crippen MR) is 121 cm³/mol. The largest absolute Gasteiger partial charge is 0.493 e. The van der Waals surface area contributed by atoms with E-state index < -0.39 is 11.9 Å². The number of rotatable bonds is 9. The number of nitrogens with one attached hydrogen (secondary N) is 1. The van der Waals surface area contributed by atoms with Crippen molar-refractivity contribution in [1.82, 2.24) is 10.3 Å². The second-order valence-corrected chi connectivity index (χ2v) is 7.42. The normalized spacial score (nSPS) is 10.3. The number of aromatic nitrogens is 1. The molecular weight excluding hydrogens is 430 g/mol. The molecule has 2 amide bonds. The number of para-hydroxylation sites is 2. The lowest BCUT2D eigenvalue weighted by molar-refractivity contribution is -0.143. The molecule has 0 saturated heterocycles. The molecule has 0 spiro atoms. The maximum absolute atomic E-state index is 12.3. The van der Waals surface area contributed by atoms with Crippen LogP contribution in [-0.2, 0) is 20.9 Å². The minimum atomic E-state index is -0.603. The molecule has 1 aromatic heterocycles. The van der Waals surface area contributed by atoms with Crippen molar-refractivity contribution in [3.8, 4) is 5.75 Å². The molecule has 32 heavy (non-hydrogen) atoms. The fourth-order valence-corrected chi connectivity index (χ4v) is 3.73. The van der Waals surface area contributed by atoms with Crippen molar-refractivity contribution in [3.05, 3.63) is 71.2 Å². The van der Waals surface area contributed by atoms with Gasteiger partial charge in [0.05, 0.1) is 23.6 Å². The number of amides is 2. The van der Waals surface area contributed by atoms with Gasteiger partial charge in [-0.3, -0.25) is 19.3 Å². The Hall–Kier alpha value is -3.72. The highest BCUT2D eigenvalue weighted by atomic mass is 32.1. The van der Waals surface area contributed by atoms with Crippen LogP contribution < -0.4 is 15.0 Å². The zero-order valence-electron chi connectivity index (χ0n) is 17.7. The van der Waals surface area contributed by atoms with Crippen molar-refractivity contribution in [1.29, 1.82) is 0 Å². The number of thiazole rings is 1. The summed E-state index contributed by atoms with van der Waals surface area (Å²) in [5.41, 5.74) is 1.55. The smallest absolute Gasteiger partial charge is 0.325 e. The molecule has 0 aliphatic heterocycles. The molecule has 0 radical (unpaired) electrons. The minimum Gasteiger partial charge on any atom is -0.493 e. The van der Waals surface area contributed by atoms with Crippen LogP contribution in [0.25, 0.3) is 0 Å². The number of nitrogens with zero attached hydrogens (tertiary/aromatic N) is 2. The molecular formula is C23H23N3O5S. The first-order valence-electron chi connectivity index (χ1n) is 9.95. The van der Waals surface area contributed by atoms with E-state index in [9.17, 15) is 14.4 Å². The summed E-state index contributed by atoms with van der Waals surface area (Å²) in [5, 5.41) is 4.73. The van der Waals surface area contributed by atoms with Gasteiger partial charge in [-0.25, -0.2) is 4.98 Å². The van der Waals surface area contributed by atoms with Gasteiger partial charge >= 0.3 is 5.97 Å². The van der Waals surface area contributed by atoms with Crippen LogP contribution >= 0.6 is 11.3 Å². The summed E-state index contributed by atoms with van der Waals surface area (Å²) >= 11 is 1.27. The molecule has 0 bridgehead atoms. The molecule has 0 atom stereocenters. The van der Waals surface area contributed by atoms with Crippen molar-refractivity contribution < 1.29 is 23.9 Å². The van der Waals surface area contributed by atoms with Crippen LogP contribution in [0.5, 0.6) is 5.75 Å². The van der Waals surface area contributed by atoms with Gasteiger partial charge in [0.25, 0.3) is 5.91 Å². The van der Waals surface area contributed by atoms with Crippen LogP contribution in [0.3, 0.4) is 0 Å². The monoisotopic (exact) mass is 453 g/mol. The Labute approximate surface area is 189 Å². The Morgan fingerprint density at radius 2 is 1.78 bits per heavy atom. The molecule has 0 fully saturated rings. The van der Waals surface area contributed by atoms with Gasteiger partial charge < -0.3 is 14.8 Å². The van der Waals surface area contributed by atoms with E-state index in [1.165, 1.54) is 23.2 Å². The second-order valence-electron chi connectivity index (χ2n) is 6.58. The maximum atomic E-state index is 12.3. The van der Waals surface area contributed by atoms with Gasteiger partial charge in [-0.15, -0.1) is 11.3 Å². The van der Waals surface area contributed by atoms with Crippen molar-refractivity contribution in [2.75, 3.05) is 18.1 Å². The van der Waals surface area contributed by atoms with E-state index in [0.717, 1.165) is 0 Å². The van der Waals surface area contributed by atoms with Crippen molar-refractivity contribution >= 4 is 39.9 Å². The summed E-state index contributed by atoms with van der Waals surface area (Å²) in [5.74, 6) is -0.761. The van der Waals surface area contributed by atoms with Crippen LogP contribution in [0.1, 0.15) is 29.9 Å². The first-order chi connectivity index (χ1) is 15.5. The van der Waals surface area contributed by atoms with Gasteiger partial charge in [0.2, 0.25) is 5.91 Å². The highest BCUT2D eigenvalue weighted by Gasteiger charge is 2.18. The fraction of sp³-hybridized carbons (Fsp3) is 0.217. The zero-order valence-corrected chi connectivity index (χ0v) is 18.6. The second kappa shape index (κ2) is 11.1. The quantitative estimate of drug-likeness (QED) is 0.496. The highest BCUT2D eigenvalue weighted by molar-refractivity contribution is 7.14. The SMILES string of the molecule is CCOc1ccccc1C(=O)NCC(=O)OCc1csc(N(C(C)=O)c2ccccc2)n1. The lowest BCUT2D eigenvalue weighted by atomic mass is 10.2. The topological polar surface area (TPSA) is 97.8 Å². The summed E-state index contributed by atoms with van der Waals surface area (Å²) in [6.45, 7) is 3.35. The van der Waals surface area contributed by atoms with E-state index in [-0.39, 0.29) is 19.1 Å². The summed E-state index contributed by atoms with van der Waals surface area (Å²) in [7, 11) is 0. The first kappa shape index (κ1) is 23.0. The van der Waals surface area contributed by atoms with Crippen LogP contribution in [0.4, 0.5) is 10.8 Å². The fourth-order valence-electron chi connectivity index (χ4n) is 2.86. The number of ether oxygens (including phenoxy) is 2. The zero-order chi connectivity index (χ0) is 22.9. The molecule has 9 heteroatoms. The highest BCUT2D eigenvalue weighted by Crippen LogP contribution is 2.28. The van der Waals surface area contributed by atoms with Crippen LogP contribution in [0.15, 0.2) is 60.0 Å². The van der Waals surface area contributed by atoms with Gasteiger partial charge in [0.1, 0.15) is 18.9 Å². The molecule has 2 aromatic carbocycles. The lowest BCUT2D eigenvalue weighted by Crippen LogP contribution is -2.30. The van der Waals surface area contributed by atoms with Gasteiger partial charge in [0, 0.05) is 12.3 Å². The number of hydrogen-bond donors (Lipinski definition) is 1. The van der Waals surface area contributed by atoms with E-state index in [1.807, 2.05) is 37.3 Å². The average molecular weight is 454 g/mol. The molecule has 3 rings (SSSR count). The molecule has 8 nitrogen and oxygen atoms in total. The first-order valence-corrected chi connectivity index (χ1v) is 10.8. The number of esters is 1. The Balaban J connectivity index is 1.54. The van der Waals surface area contributed by atoms with Gasteiger partial charge in [-0.1, -0.05) is 30.3 Å². The molecule has 0 saturated carbocycles. The Bertz CT molecular complexity index is 1080. The van der Waals surface area contributed by atoms with Crippen molar-refractivity contribution in [2.45, 2.75) is 20.5 Å². The number of benzene rings is 2. The molecule has 1 N–H and O–H groups in total. The van der Waals surface area contributed by atoms with Gasteiger partial charge in [-0.05, 0) is 31.2 Å². The standard InChI is InChI=1S/C23H23N3O5S/c1-3-30-20-12-8-7-11-19(20)22(29)24-13-21(28)31-14-17-15-32-23(25-17)26(16(2)27)18-9-5-4-6-10-18/h4-12,15H,3,13-14H2,1-2H3,(H,24,29). The molecule has 0 unspecified atom stereocenters. The number of hydrogen-bond acceptors (Lipinski definition) is 7. The summed E-state index contributed by atoms with van der Waals surface area (Å²) in [4.78, 5) is 42.4. The van der Waals surface area contributed by atoms with E-state index in [2.05, 4.69) is 10.3 Å². The Morgan fingerprint density at radius 1 is 1.06 bits per heavy atom. The van der Waals surface area contributed by atoms with Crippen molar-refractivity contribution in [3.63, 3.8) is 0 Å². The Kier molecular flexibility index (Phi) is 7.93. The van der Waals surface area contributed by atoms with E-state index in [0.29, 0.717) is 34.4 Å².